The van der Waals surface area contributed by atoms with Gasteiger partial charge in [-0.2, -0.15) is 18.2 Å². The fourth-order valence-electron chi connectivity index (χ4n) is 4.29. The molecule has 0 aliphatic carbocycles. The number of alkyl halides is 3. The Hall–Kier alpha value is -2.76. The summed E-state index contributed by atoms with van der Waals surface area (Å²) in [5.41, 5.74) is -0.477. The first kappa shape index (κ1) is 30.8. The van der Waals surface area contributed by atoms with E-state index in [0.29, 0.717) is 28.4 Å². The molecule has 0 fully saturated rings. The molecule has 11 heteroatoms. The average molecular weight is 566 g/mol. The van der Waals surface area contributed by atoms with E-state index in [1.54, 1.807) is 24.3 Å². The van der Waals surface area contributed by atoms with Crippen LogP contribution in [0.1, 0.15) is 87.7 Å². The molecule has 0 aliphatic heterocycles. The first-order valence-electron chi connectivity index (χ1n) is 13.3. The van der Waals surface area contributed by atoms with Crippen LogP contribution in [0.5, 0.6) is 0 Å². The zero-order valence-electron chi connectivity index (χ0n) is 22.0. The Kier molecular flexibility index (Phi) is 11.5. The van der Waals surface area contributed by atoms with Crippen molar-refractivity contribution in [1.29, 1.82) is 0 Å². The number of hydroxylamine groups is 1. The predicted octanol–water partition coefficient (Wildman–Crippen LogP) is 7.34. The second kappa shape index (κ2) is 14.6. The lowest BCUT2D eigenvalue weighted by molar-refractivity contribution is -0.0436. The SMILES string of the molecule is CCCCCCCCCCCc1noc(-c2ccc(C(Cc3ccc(S(=O)(=O)C(F)(F)F)cc3)[N][O])cc2)n1. The minimum atomic E-state index is -5.43. The number of halogens is 3. The molecule has 1 atom stereocenters. The van der Waals surface area contributed by atoms with Crippen molar-refractivity contribution >= 4 is 9.84 Å². The molecule has 1 aromatic heterocycles. The van der Waals surface area contributed by atoms with Crippen LogP contribution in [0.15, 0.2) is 57.9 Å². The normalized spacial score (nSPS) is 13.1. The van der Waals surface area contributed by atoms with Crippen LogP contribution in [-0.4, -0.2) is 24.1 Å². The van der Waals surface area contributed by atoms with Crippen LogP contribution in [0.25, 0.3) is 11.5 Å². The minimum Gasteiger partial charge on any atom is -0.334 e. The summed E-state index contributed by atoms with van der Waals surface area (Å²) in [5, 5.41) is 15.6. The number of rotatable bonds is 16. The summed E-state index contributed by atoms with van der Waals surface area (Å²) in [6.07, 6.45) is 12.0. The molecular formula is C28H34F3N3O4S. The van der Waals surface area contributed by atoms with E-state index < -0.39 is 26.3 Å². The van der Waals surface area contributed by atoms with Gasteiger partial charge in [0.25, 0.3) is 15.7 Å². The summed E-state index contributed by atoms with van der Waals surface area (Å²) in [6, 6.07) is 10.3. The third-order valence-corrected chi connectivity index (χ3v) is 8.11. The zero-order chi connectivity index (χ0) is 28.3. The number of aromatic nitrogens is 2. The fourth-order valence-corrected chi connectivity index (χ4v) is 5.05. The van der Waals surface area contributed by atoms with E-state index >= 15 is 0 Å². The molecule has 2 aromatic carbocycles. The number of hydrogen-bond acceptors (Lipinski definition) is 5. The van der Waals surface area contributed by atoms with Crippen molar-refractivity contribution in [3.8, 4) is 11.5 Å². The summed E-state index contributed by atoms with van der Waals surface area (Å²) in [6.45, 7) is 2.22. The maximum absolute atomic E-state index is 12.7. The average Bonchev–Trinajstić information content (AvgIpc) is 3.39. The molecule has 0 N–H and O–H groups in total. The van der Waals surface area contributed by atoms with Gasteiger partial charge in [0.2, 0.25) is 0 Å². The monoisotopic (exact) mass is 565 g/mol. The lowest BCUT2D eigenvalue weighted by Gasteiger charge is -2.14. The van der Waals surface area contributed by atoms with E-state index in [1.807, 2.05) is 0 Å². The van der Waals surface area contributed by atoms with Crippen molar-refractivity contribution in [2.75, 3.05) is 0 Å². The second-order valence-electron chi connectivity index (χ2n) is 9.63. The van der Waals surface area contributed by atoms with Gasteiger partial charge >= 0.3 is 5.51 Å². The quantitative estimate of drug-likeness (QED) is 0.133. The van der Waals surface area contributed by atoms with Gasteiger partial charge in [-0.15, -0.1) is 5.21 Å². The second-order valence-corrected chi connectivity index (χ2v) is 11.6. The molecule has 0 spiro atoms. The van der Waals surface area contributed by atoms with Crippen LogP contribution in [0.2, 0.25) is 0 Å². The van der Waals surface area contributed by atoms with E-state index in [9.17, 15) is 26.8 Å². The lowest BCUT2D eigenvalue weighted by Crippen LogP contribution is -2.23. The highest BCUT2D eigenvalue weighted by Crippen LogP contribution is 2.31. The highest BCUT2D eigenvalue weighted by atomic mass is 32.2. The molecule has 3 rings (SSSR count). The van der Waals surface area contributed by atoms with Crippen molar-refractivity contribution in [2.24, 2.45) is 0 Å². The smallest absolute Gasteiger partial charge is 0.334 e. The number of benzene rings is 2. The molecule has 212 valence electrons. The fraction of sp³-hybridized carbons (Fsp3) is 0.500. The minimum absolute atomic E-state index is 0.0959. The summed E-state index contributed by atoms with van der Waals surface area (Å²) < 4.78 is 66.7. The van der Waals surface area contributed by atoms with Gasteiger partial charge in [-0.05, 0) is 48.2 Å². The van der Waals surface area contributed by atoms with Gasteiger partial charge < -0.3 is 4.52 Å². The van der Waals surface area contributed by atoms with Crippen molar-refractivity contribution in [3.05, 3.63) is 65.5 Å². The Balaban J connectivity index is 1.51. The first-order chi connectivity index (χ1) is 18.7. The van der Waals surface area contributed by atoms with Crippen molar-refractivity contribution < 1.29 is 31.3 Å². The van der Waals surface area contributed by atoms with Crippen molar-refractivity contribution in [1.82, 2.24) is 15.6 Å². The standard InChI is InChI=1S/C28H34F3N3O4S/c1-2-3-4-5-6-7-8-9-10-11-26-32-27(38-34-26)23-16-14-22(15-17-23)25(33-35)20-21-12-18-24(19-13-21)39(36,37)28(29,30)31/h12-19,25H,2-11,20H2,1H3. The summed E-state index contributed by atoms with van der Waals surface area (Å²) in [5.74, 6) is 1.03. The Bertz CT molecular complexity index is 1240. The molecule has 0 amide bonds. The largest absolute Gasteiger partial charge is 0.501 e. The Morgan fingerprint density at radius 1 is 0.872 bits per heavy atom. The van der Waals surface area contributed by atoms with Crippen LogP contribution < -0.4 is 5.48 Å². The summed E-state index contributed by atoms with van der Waals surface area (Å²) >= 11 is 0. The van der Waals surface area contributed by atoms with Crippen LogP contribution in [-0.2, 0) is 27.9 Å². The van der Waals surface area contributed by atoms with E-state index in [0.717, 1.165) is 31.4 Å². The first-order valence-corrected chi connectivity index (χ1v) is 14.8. The van der Waals surface area contributed by atoms with E-state index in [1.165, 1.54) is 57.1 Å². The molecule has 2 radical (unpaired) electrons. The van der Waals surface area contributed by atoms with Gasteiger partial charge in [0, 0.05) is 12.0 Å². The Morgan fingerprint density at radius 3 is 2.03 bits per heavy atom. The highest BCUT2D eigenvalue weighted by Gasteiger charge is 2.46. The molecular weight excluding hydrogens is 531 g/mol. The third kappa shape index (κ3) is 8.87. The molecule has 7 nitrogen and oxygen atoms in total. The van der Waals surface area contributed by atoms with Crippen LogP contribution in [0.4, 0.5) is 13.2 Å². The van der Waals surface area contributed by atoms with Gasteiger partial charge in [0.05, 0.1) is 10.9 Å². The zero-order valence-corrected chi connectivity index (χ0v) is 22.8. The molecule has 0 aliphatic rings. The van der Waals surface area contributed by atoms with Gasteiger partial charge in [0.1, 0.15) is 0 Å². The van der Waals surface area contributed by atoms with Gasteiger partial charge in [-0.3, -0.25) is 0 Å². The number of hydrogen-bond donors (Lipinski definition) is 0. The summed E-state index contributed by atoms with van der Waals surface area (Å²) in [7, 11) is -5.43. The molecule has 1 heterocycles. The Morgan fingerprint density at radius 2 is 1.46 bits per heavy atom. The highest BCUT2D eigenvalue weighted by molar-refractivity contribution is 7.92. The summed E-state index contributed by atoms with van der Waals surface area (Å²) in [4.78, 5) is 3.61. The number of nitrogens with zero attached hydrogens (tertiary/aromatic N) is 3. The van der Waals surface area contributed by atoms with E-state index in [4.69, 9.17) is 4.52 Å². The van der Waals surface area contributed by atoms with E-state index in [2.05, 4.69) is 22.5 Å². The molecule has 3 aromatic rings. The van der Waals surface area contributed by atoms with Crippen molar-refractivity contribution in [2.45, 2.75) is 94.0 Å². The van der Waals surface area contributed by atoms with Gasteiger partial charge in [-0.1, -0.05) is 93.2 Å². The predicted molar refractivity (Wildman–Crippen MR) is 140 cm³/mol. The van der Waals surface area contributed by atoms with Crippen LogP contribution in [0, 0.1) is 0 Å². The molecule has 0 bridgehead atoms. The molecule has 0 saturated carbocycles. The Labute approximate surface area is 227 Å². The third-order valence-electron chi connectivity index (χ3n) is 6.61. The molecule has 39 heavy (non-hydrogen) atoms. The number of sulfone groups is 1. The maximum Gasteiger partial charge on any atom is 0.501 e. The molecule has 1 unspecified atom stereocenters. The van der Waals surface area contributed by atoms with Crippen LogP contribution in [0.3, 0.4) is 0 Å². The van der Waals surface area contributed by atoms with Crippen LogP contribution >= 0.6 is 0 Å². The van der Waals surface area contributed by atoms with Gasteiger partial charge in [-0.25, -0.2) is 8.42 Å². The van der Waals surface area contributed by atoms with Gasteiger partial charge in [0.15, 0.2) is 5.82 Å². The topological polar surface area (TPSA) is 107 Å². The lowest BCUT2D eigenvalue weighted by atomic mass is 9.98. The number of aryl methyl sites for hydroxylation is 1. The maximum atomic E-state index is 12.7. The molecule has 0 saturated heterocycles. The van der Waals surface area contributed by atoms with E-state index in [-0.39, 0.29) is 6.42 Å². The van der Waals surface area contributed by atoms with Crippen molar-refractivity contribution in [3.63, 3.8) is 0 Å². The number of unbranched alkanes of at least 4 members (excludes halogenated alkanes) is 8.